The molecule has 0 radical (unpaired) electrons. The van der Waals surface area contributed by atoms with Crippen LogP contribution >= 0.6 is 11.3 Å². The topological polar surface area (TPSA) is 68.2 Å². The van der Waals surface area contributed by atoms with E-state index in [1.807, 2.05) is 12.3 Å². The normalized spacial score (nSPS) is 14.1. The van der Waals surface area contributed by atoms with Gasteiger partial charge in [0, 0.05) is 24.5 Å². The molecule has 5 nitrogen and oxygen atoms in total. The van der Waals surface area contributed by atoms with Gasteiger partial charge >= 0.3 is 0 Å². The Hall–Kier alpha value is -3.12. The smallest absolute Gasteiger partial charge is 0.180 e. The van der Waals surface area contributed by atoms with Crippen LogP contribution in [0.25, 0.3) is 32.9 Å². The molecule has 0 atom stereocenters. The number of aromatic nitrogens is 3. The molecule has 0 bridgehead atoms. The number of anilines is 1. The van der Waals surface area contributed by atoms with Crippen molar-refractivity contribution >= 4 is 28.4 Å². The molecule has 0 aliphatic carbocycles. The Labute approximate surface area is 161 Å². The Morgan fingerprint density at radius 2 is 2.04 bits per heavy atom. The lowest BCUT2D eigenvalue weighted by molar-refractivity contribution is 0.738. The molecule has 0 saturated carbocycles. The fraction of sp³-hybridized carbons (Fsp3) is 0.143. The third-order valence-corrected chi connectivity index (χ3v) is 5.81. The van der Waals surface area contributed by atoms with Gasteiger partial charge in [0.25, 0.3) is 0 Å². The van der Waals surface area contributed by atoms with E-state index in [0.29, 0.717) is 11.5 Å². The van der Waals surface area contributed by atoms with Crippen molar-refractivity contribution < 1.29 is 0 Å². The first kappa shape index (κ1) is 16.1. The van der Waals surface area contributed by atoms with Gasteiger partial charge in [-0.25, -0.2) is 9.97 Å². The van der Waals surface area contributed by atoms with E-state index >= 15 is 0 Å². The van der Waals surface area contributed by atoms with E-state index in [1.165, 1.54) is 21.6 Å². The van der Waals surface area contributed by atoms with Gasteiger partial charge in [-0.1, -0.05) is 30.3 Å². The highest BCUT2D eigenvalue weighted by Gasteiger charge is 2.17. The number of allylic oxidation sites excluding steroid dienone is 1. The number of benzene rings is 1. The zero-order valence-corrected chi connectivity index (χ0v) is 15.5. The second kappa shape index (κ2) is 6.55. The number of nitrogens with zero attached hydrogens (tertiary/aromatic N) is 3. The van der Waals surface area contributed by atoms with Crippen LogP contribution in [-0.2, 0) is 0 Å². The van der Waals surface area contributed by atoms with Gasteiger partial charge in [0.05, 0.1) is 22.5 Å². The van der Waals surface area contributed by atoms with Gasteiger partial charge in [0.15, 0.2) is 11.5 Å². The predicted octanol–water partition coefficient (Wildman–Crippen LogP) is 4.43. The summed E-state index contributed by atoms with van der Waals surface area (Å²) in [4.78, 5) is 10.4. The summed E-state index contributed by atoms with van der Waals surface area (Å²) >= 11 is 1.71. The number of hydrogen-bond donors (Lipinski definition) is 2. The van der Waals surface area contributed by atoms with Gasteiger partial charge in [0.2, 0.25) is 0 Å². The van der Waals surface area contributed by atoms with Crippen molar-refractivity contribution in [2.24, 2.45) is 0 Å². The molecule has 134 valence electrons. The van der Waals surface area contributed by atoms with Crippen LogP contribution in [0.15, 0.2) is 60.4 Å². The molecule has 1 aliphatic rings. The van der Waals surface area contributed by atoms with Gasteiger partial charge in [-0.2, -0.15) is 0 Å². The number of rotatable bonds is 3. The number of hydrogen-bond acceptors (Lipinski definition) is 5. The molecule has 27 heavy (non-hydrogen) atoms. The number of nitrogens with two attached hydrogens (primary N) is 1. The highest BCUT2D eigenvalue weighted by atomic mass is 32.1. The zero-order valence-electron chi connectivity index (χ0n) is 14.7. The van der Waals surface area contributed by atoms with E-state index in [2.05, 4.69) is 62.8 Å². The Kier molecular flexibility index (Phi) is 3.90. The van der Waals surface area contributed by atoms with Gasteiger partial charge in [-0.3, -0.25) is 4.40 Å². The van der Waals surface area contributed by atoms with Crippen molar-refractivity contribution in [2.75, 3.05) is 12.3 Å². The molecule has 4 aromatic rings. The predicted molar refractivity (Wildman–Crippen MR) is 111 cm³/mol. The summed E-state index contributed by atoms with van der Waals surface area (Å²) in [5.41, 5.74) is 12.4. The molecule has 0 spiro atoms. The summed E-state index contributed by atoms with van der Waals surface area (Å²) in [5, 5.41) is 5.43. The largest absolute Gasteiger partial charge is 0.391 e. The zero-order chi connectivity index (χ0) is 18.2. The van der Waals surface area contributed by atoms with Crippen molar-refractivity contribution in [1.29, 1.82) is 0 Å². The van der Waals surface area contributed by atoms with Crippen LogP contribution < -0.4 is 11.1 Å². The van der Waals surface area contributed by atoms with Crippen molar-refractivity contribution in [3.05, 3.63) is 66.1 Å². The maximum atomic E-state index is 6.14. The van der Waals surface area contributed by atoms with E-state index in [-0.39, 0.29) is 0 Å². The number of nitrogen functional groups attached to an aromatic ring is 1. The fourth-order valence-electron chi connectivity index (χ4n) is 3.52. The van der Waals surface area contributed by atoms with Crippen LogP contribution in [0.1, 0.15) is 18.5 Å². The molecule has 3 aromatic heterocycles. The lowest BCUT2D eigenvalue weighted by Crippen LogP contribution is -2.13. The monoisotopic (exact) mass is 373 g/mol. The standard InChI is InChI=1S/C21H19N5S/c22-20-21-25-17(15-7-4-9-23-11-15)13-26(21)18(12-24-20)19-16(8-10-27-19)14-5-2-1-3-6-14/h1-3,5-6,8,10-13,23H,4,7,9H2,(H2,22,24). The lowest BCUT2D eigenvalue weighted by Gasteiger charge is -2.11. The van der Waals surface area contributed by atoms with Gasteiger partial charge < -0.3 is 11.1 Å². The first-order valence-electron chi connectivity index (χ1n) is 9.01. The van der Waals surface area contributed by atoms with Crippen molar-refractivity contribution in [3.63, 3.8) is 0 Å². The average Bonchev–Trinajstić information content (AvgIpc) is 3.38. The second-order valence-electron chi connectivity index (χ2n) is 6.61. The quantitative estimate of drug-likeness (QED) is 0.557. The van der Waals surface area contributed by atoms with Crippen LogP contribution in [0.2, 0.25) is 0 Å². The van der Waals surface area contributed by atoms with Crippen LogP contribution in [0, 0.1) is 0 Å². The summed E-state index contributed by atoms with van der Waals surface area (Å²) in [6.45, 7) is 1.02. The molecular weight excluding hydrogens is 354 g/mol. The van der Waals surface area contributed by atoms with Crippen molar-refractivity contribution in [3.8, 4) is 21.7 Å². The third kappa shape index (κ3) is 2.78. The van der Waals surface area contributed by atoms with E-state index in [0.717, 1.165) is 30.8 Å². The molecule has 0 saturated heterocycles. The Bertz CT molecular complexity index is 1140. The van der Waals surface area contributed by atoms with Crippen molar-refractivity contribution in [1.82, 2.24) is 19.7 Å². The van der Waals surface area contributed by atoms with Gasteiger partial charge in [-0.15, -0.1) is 11.3 Å². The number of thiophene rings is 1. The summed E-state index contributed by atoms with van der Waals surface area (Å²) in [5.74, 6) is 0.451. The molecule has 6 heteroatoms. The molecular formula is C21H19N5S. The molecule has 1 aromatic carbocycles. The minimum atomic E-state index is 0.451. The maximum Gasteiger partial charge on any atom is 0.180 e. The van der Waals surface area contributed by atoms with Crippen LogP contribution in [0.5, 0.6) is 0 Å². The van der Waals surface area contributed by atoms with Crippen molar-refractivity contribution in [2.45, 2.75) is 12.8 Å². The minimum Gasteiger partial charge on any atom is -0.391 e. The van der Waals surface area contributed by atoms with E-state index < -0.39 is 0 Å². The maximum absolute atomic E-state index is 6.14. The van der Waals surface area contributed by atoms with Crippen LogP contribution in [0.4, 0.5) is 5.82 Å². The van der Waals surface area contributed by atoms with Crippen LogP contribution in [-0.4, -0.2) is 20.9 Å². The first-order valence-corrected chi connectivity index (χ1v) is 9.89. The Balaban J connectivity index is 1.69. The summed E-state index contributed by atoms with van der Waals surface area (Å²) < 4.78 is 2.07. The SMILES string of the molecule is Nc1ncc(-c2sccc2-c2ccccc2)n2cc(C3=CNCCC3)nc12. The van der Waals surface area contributed by atoms with E-state index in [9.17, 15) is 0 Å². The highest BCUT2D eigenvalue weighted by Crippen LogP contribution is 2.37. The van der Waals surface area contributed by atoms with Gasteiger partial charge in [0.1, 0.15) is 0 Å². The second-order valence-corrected chi connectivity index (χ2v) is 7.52. The number of nitrogens with one attached hydrogen (secondary N) is 1. The molecule has 0 unspecified atom stereocenters. The molecule has 3 N–H and O–H groups in total. The summed E-state index contributed by atoms with van der Waals surface area (Å²) in [6.07, 6.45) is 8.13. The first-order chi connectivity index (χ1) is 13.3. The molecule has 1 aliphatic heterocycles. The number of fused-ring (bicyclic) bond motifs is 1. The summed E-state index contributed by atoms with van der Waals surface area (Å²) in [7, 11) is 0. The molecule has 5 rings (SSSR count). The lowest BCUT2D eigenvalue weighted by atomic mass is 10.1. The van der Waals surface area contributed by atoms with E-state index in [4.69, 9.17) is 10.7 Å². The third-order valence-electron chi connectivity index (χ3n) is 4.88. The fourth-order valence-corrected chi connectivity index (χ4v) is 4.45. The van der Waals surface area contributed by atoms with Crippen LogP contribution in [0.3, 0.4) is 0 Å². The van der Waals surface area contributed by atoms with E-state index in [1.54, 1.807) is 11.3 Å². The highest BCUT2D eigenvalue weighted by molar-refractivity contribution is 7.14. The molecule has 0 fully saturated rings. The minimum absolute atomic E-state index is 0.451. The Morgan fingerprint density at radius 3 is 2.85 bits per heavy atom. The number of imidazole rings is 1. The summed E-state index contributed by atoms with van der Waals surface area (Å²) in [6, 6.07) is 12.6. The molecule has 0 amide bonds. The molecule has 4 heterocycles. The Morgan fingerprint density at radius 1 is 1.15 bits per heavy atom. The average molecular weight is 373 g/mol. The van der Waals surface area contributed by atoms with Gasteiger partial charge in [-0.05, 0) is 35.4 Å².